The number of hydrogen-bond acceptors (Lipinski definition) is 3. The number of ether oxygens (including phenoxy) is 1. The molecule has 2 aromatic rings. The Morgan fingerprint density at radius 1 is 1.33 bits per heavy atom. The lowest BCUT2D eigenvalue weighted by atomic mass is 9.89. The number of pyridine rings is 1. The van der Waals surface area contributed by atoms with E-state index in [0.29, 0.717) is 17.2 Å². The van der Waals surface area contributed by atoms with E-state index in [1.807, 2.05) is 24.3 Å². The van der Waals surface area contributed by atoms with Crippen molar-refractivity contribution in [3.63, 3.8) is 0 Å². The Hall–Kier alpha value is -1.32. The monoisotopic (exact) mass is 262 g/mol. The molecule has 0 aliphatic heterocycles. The Morgan fingerprint density at radius 3 is 2.94 bits per heavy atom. The second-order valence-corrected chi connectivity index (χ2v) is 5.07. The van der Waals surface area contributed by atoms with Gasteiger partial charge in [0.05, 0.1) is 16.6 Å². The van der Waals surface area contributed by atoms with E-state index in [2.05, 4.69) is 10.3 Å². The molecule has 1 aromatic heterocycles. The summed E-state index contributed by atoms with van der Waals surface area (Å²) < 4.78 is 5.29. The van der Waals surface area contributed by atoms with Crippen molar-refractivity contribution in [3.8, 4) is 0 Å². The van der Waals surface area contributed by atoms with Crippen molar-refractivity contribution >= 4 is 28.2 Å². The van der Waals surface area contributed by atoms with E-state index in [0.717, 1.165) is 29.4 Å². The molecule has 0 atom stereocenters. The lowest BCUT2D eigenvalue weighted by Gasteiger charge is -2.35. The number of anilines is 1. The fourth-order valence-electron chi connectivity index (χ4n) is 2.36. The van der Waals surface area contributed by atoms with Crippen molar-refractivity contribution in [1.82, 2.24) is 4.98 Å². The summed E-state index contributed by atoms with van der Waals surface area (Å²) in [7, 11) is 1.77. The van der Waals surface area contributed by atoms with Gasteiger partial charge in [0, 0.05) is 30.4 Å². The Bertz CT molecular complexity index is 567. The first-order valence-electron chi connectivity index (χ1n) is 6.10. The van der Waals surface area contributed by atoms with Crippen molar-refractivity contribution in [2.24, 2.45) is 0 Å². The van der Waals surface area contributed by atoms with Crippen molar-refractivity contribution in [2.45, 2.75) is 25.0 Å². The molecular weight excluding hydrogens is 248 g/mol. The van der Waals surface area contributed by atoms with Gasteiger partial charge in [-0.1, -0.05) is 11.6 Å². The third-order valence-corrected chi connectivity index (χ3v) is 3.81. The minimum Gasteiger partial charge on any atom is -0.382 e. The molecule has 1 heterocycles. The average molecular weight is 263 g/mol. The number of halogens is 1. The summed E-state index contributed by atoms with van der Waals surface area (Å²) in [5.74, 6) is 0. The summed E-state index contributed by atoms with van der Waals surface area (Å²) in [6.07, 6.45) is 4.28. The van der Waals surface area contributed by atoms with E-state index in [4.69, 9.17) is 16.3 Å². The van der Waals surface area contributed by atoms with Crippen molar-refractivity contribution in [1.29, 1.82) is 0 Å². The van der Waals surface area contributed by atoms with Gasteiger partial charge in [-0.3, -0.25) is 4.98 Å². The van der Waals surface area contributed by atoms with Crippen LogP contribution < -0.4 is 5.32 Å². The lowest BCUT2D eigenvalue weighted by Crippen LogP contribution is -2.40. The number of benzene rings is 1. The summed E-state index contributed by atoms with van der Waals surface area (Å²) in [5.41, 5.74) is 1.95. The fraction of sp³-hybridized carbons (Fsp3) is 0.357. The quantitative estimate of drug-likeness (QED) is 0.920. The van der Waals surface area contributed by atoms with Crippen LogP contribution in [-0.2, 0) is 4.74 Å². The van der Waals surface area contributed by atoms with Crippen molar-refractivity contribution in [3.05, 3.63) is 35.5 Å². The van der Waals surface area contributed by atoms with Crippen LogP contribution in [0.2, 0.25) is 5.02 Å². The molecule has 1 aromatic carbocycles. The van der Waals surface area contributed by atoms with Crippen LogP contribution >= 0.6 is 11.6 Å². The molecule has 0 bridgehead atoms. The SMILES string of the molecule is COC1CC(Nc2ccc(Cl)c3ncccc23)C1. The van der Waals surface area contributed by atoms with E-state index < -0.39 is 0 Å². The van der Waals surface area contributed by atoms with Gasteiger partial charge in [0.1, 0.15) is 0 Å². The number of aromatic nitrogens is 1. The van der Waals surface area contributed by atoms with Crippen LogP contribution in [0, 0.1) is 0 Å². The van der Waals surface area contributed by atoms with Crippen LogP contribution in [0.15, 0.2) is 30.5 Å². The number of fused-ring (bicyclic) bond motifs is 1. The molecule has 4 heteroatoms. The first kappa shape index (κ1) is 11.8. The van der Waals surface area contributed by atoms with Crippen LogP contribution in [0.4, 0.5) is 5.69 Å². The average Bonchev–Trinajstić information content (AvgIpc) is 2.36. The molecule has 18 heavy (non-hydrogen) atoms. The molecule has 3 nitrogen and oxygen atoms in total. The van der Waals surface area contributed by atoms with Gasteiger partial charge in [0.25, 0.3) is 0 Å². The maximum atomic E-state index is 6.15. The molecule has 1 N–H and O–H groups in total. The smallest absolute Gasteiger partial charge is 0.0908 e. The highest BCUT2D eigenvalue weighted by atomic mass is 35.5. The van der Waals surface area contributed by atoms with Gasteiger partial charge < -0.3 is 10.1 Å². The molecule has 1 saturated carbocycles. The largest absolute Gasteiger partial charge is 0.382 e. The first-order chi connectivity index (χ1) is 8.78. The summed E-state index contributed by atoms with van der Waals surface area (Å²) >= 11 is 6.15. The third-order valence-electron chi connectivity index (χ3n) is 3.51. The molecule has 1 aliphatic carbocycles. The summed E-state index contributed by atoms with van der Waals surface area (Å²) in [6.45, 7) is 0. The summed E-state index contributed by atoms with van der Waals surface area (Å²) in [4.78, 5) is 4.33. The maximum absolute atomic E-state index is 6.15. The van der Waals surface area contributed by atoms with Crippen LogP contribution in [0.5, 0.6) is 0 Å². The second-order valence-electron chi connectivity index (χ2n) is 4.66. The van der Waals surface area contributed by atoms with Crippen LogP contribution in [0.3, 0.4) is 0 Å². The first-order valence-corrected chi connectivity index (χ1v) is 6.48. The summed E-state index contributed by atoms with van der Waals surface area (Å²) in [5, 5.41) is 5.30. The minimum atomic E-state index is 0.402. The second kappa shape index (κ2) is 4.75. The minimum absolute atomic E-state index is 0.402. The van der Waals surface area contributed by atoms with Crippen LogP contribution in [0.25, 0.3) is 10.9 Å². The third kappa shape index (κ3) is 2.04. The Morgan fingerprint density at radius 2 is 2.17 bits per heavy atom. The fourth-order valence-corrected chi connectivity index (χ4v) is 2.57. The Labute approximate surface area is 111 Å². The van der Waals surface area contributed by atoms with E-state index >= 15 is 0 Å². The van der Waals surface area contributed by atoms with Crippen LogP contribution in [0.1, 0.15) is 12.8 Å². The zero-order valence-corrected chi connectivity index (χ0v) is 10.9. The molecule has 0 spiro atoms. The van der Waals surface area contributed by atoms with Gasteiger partial charge in [0.2, 0.25) is 0 Å². The molecule has 0 saturated heterocycles. The highest BCUT2D eigenvalue weighted by Crippen LogP contribution is 2.32. The number of hydrogen-bond donors (Lipinski definition) is 1. The molecule has 94 valence electrons. The highest BCUT2D eigenvalue weighted by molar-refractivity contribution is 6.35. The normalized spacial score (nSPS) is 22.8. The zero-order chi connectivity index (χ0) is 12.5. The van der Waals surface area contributed by atoms with Gasteiger partial charge >= 0.3 is 0 Å². The number of nitrogens with one attached hydrogen (secondary N) is 1. The standard InChI is InChI=1S/C14H15ClN2O/c1-18-10-7-9(8-10)17-13-5-4-12(15)14-11(13)3-2-6-16-14/h2-6,9-10,17H,7-8H2,1H3. The van der Waals surface area contributed by atoms with E-state index in [9.17, 15) is 0 Å². The van der Waals surface area contributed by atoms with Crippen LogP contribution in [-0.4, -0.2) is 24.2 Å². The topological polar surface area (TPSA) is 34.1 Å². The van der Waals surface area contributed by atoms with Gasteiger partial charge in [-0.2, -0.15) is 0 Å². The van der Waals surface area contributed by atoms with Gasteiger partial charge in [-0.15, -0.1) is 0 Å². The Kier molecular flexibility index (Phi) is 3.10. The predicted molar refractivity (Wildman–Crippen MR) is 74.2 cm³/mol. The Balaban J connectivity index is 1.87. The van der Waals surface area contributed by atoms with E-state index in [1.54, 1.807) is 13.3 Å². The molecular formula is C14H15ClN2O. The molecule has 0 radical (unpaired) electrons. The highest BCUT2D eigenvalue weighted by Gasteiger charge is 2.29. The number of nitrogens with zero attached hydrogens (tertiary/aromatic N) is 1. The van der Waals surface area contributed by atoms with E-state index in [1.165, 1.54) is 0 Å². The van der Waals surface area contributed by atoms with Gasteiger partial charge in [-0.05, 0) is 37.1 Å². The maximum Gasteiger partial charge on any atom is 0.0908 e. The van der Waals surface area contributed by atoms with Crippen molar-refractivity contribution < 1.29 is 4.74 Å². The van der Waals surface area contributed by atoms with Crippen molar-refractivity contribution in [2.75, 3.05) is 12.4 Å². The zero-order valence-electron chi connectivity index (χ0n) is 10.2. The molecule has 1 fully saturated rings. The number of rotatable bonds is 3. The van der Waals surface area contributed by atoms with Gasteiger partial charge in [-0.25, -0.2) is 0 Å². The molecule has 1 aliphatic rings. The van der Waals surface area contributed by atoms with E-state index in [-0.39, 0.29) is 0 Å². The number of methoxy groups -OCH3 is 1. The lowest BCUT2D eigenvalue weighted by molar-refractivity contribution is 0.0329. The molecule has 0 unspecified atom stereocenters. The molecule has 3 rings (SSSR count). The van der Waals surface area contributed by atoms with Gasteiger partial charge in [0.15, 0.2) is 0 Å². The molecule has 0 amide bonds. The predicted octanol–water partition coefficient (Wildman–Crippen LogP) is 3.48. The summed E-state index contributed by atoms with van der Waals surface area (Å²) in [6, 6.07) is 8.38.